The van der Waals surface area contributed by atoms with Crippen LogP contribution in [0.25, 0.3) is 10.9 Å². The number of nitrogens with one attached hydrogen (secondary N) is 6. The number of hydrogen-bond acceptors (Lipinski definition) is 15. The number of para-hydroxylation sites is 1. The molecule has 3 rings (SSSR count). The van der Waals surface area contributed by atoms with Gasteiger partial charge < -0.3 is 80.2 Å². The molecule has 2 aromatic rings. The Morgan fingerprint density at radius 1 is 0.787 bits per heavy atom. The van der Waals surface area contributed by atoms with Crippen molar-refractivity contribution in [3.63, 3.8) is 0 Å². The molecule has 27 nitrogen and oxygen atoms in total. The van der Waals surface area contributed by atoms with E-state index >= 15 is 0 Å². The monoisotopic (exact) mass is 1110 g/mol. The first kappa shape index (κ1) is 62.3. The Balaban J connectivity index is 1.82. The number of unbranched alkanes of at least 4 members (excludes halogenated alkanes) is 1. The Morgan fingerprint density at radius 2 is 1.44 bits per heavy atom. The number of H-pyrrole nitrogens is 1. The summed E-state index contributed by atoms with van der Waals surface area (Å²) in [5.41, 5.74) is 28.5. The van der Waals surface area contributed by atoms with Crippen LogP contribution in [-0.2, 0) is 54.4 Å². The van der Waals surface area contributed by atoms with Gasteiger partial charge in [0.05, 0.1) is 19.4 Å². The number of thiol groups is 1. The number of likely N-dealkylation sites (tertiary alicyclic amines) is 1. The topological polar surface area (TPSA) is 448 Å². The van der Waals surface area contributed by atoms with Crippen LogP contribution in [0.2, 0.25) is 0 Å². The lowest BCUT2D eigenvalue weighted by molar-refractivity contribution is -0.143. The average Bonchev–Trinajstić information content (AvgIpc) is 4.02. The number of nitrogens with two attached hydrogens (primary N) is 5. The van der Waals surface area contributed by atoms with E-state index in [1.165, 1.54) is 38.4 Å². The number of benzene rings is 1. The standard InChI is InChI=1S/C45H69N15O12S3/c1-59(35(62)13-18-74-75-19-14-36(63)64)32(11-6-16-52-45(49)50)41(70)56-28(10-4-5-15-51-44(47)48)39(68)54-23-34(61)55-29(21-37(65)66)40(69)57-30(20-25-22-53-27-9-3-2-8-26(25)27)43(72)60-17-7-12-33(60)42(71)58-31(24-73)38(46)67/h2-3,8-9,22,28-33,53,73H,4-7,10-21,23-24H2,1H3,(H2,46,67)(H,54,68)(H,55,61)(H,56,70)(H,57,69)(H,58,71)(H,63,64)(H,65,66)(H4,47,48,51)(H4,49,50,52)/t28-,29-,30-,31-,32-,33-/m0/s1. The summed E-state index contributed by atoms with van der Waals surface area (Å²) in [5.74, 6) is -8.57. The van der Waals surface area contributed by atoms with Crippen LogP contribution in [0, 0.1) is 0 Å². The third kappa shape index (κ3) is 21.8. The molecule has 1 aromatic heterocycles. The molecule has 6 atom stereocenters. The molecule has 0 radical (unpaired) electrons. The van der Waals surface area contributed by atoms with E-state index in [1.807, 2.05) is 0 Å². The smallest absolute Gasteiger partial charge is 0.305 e. The number of carboxylic acid groups (broad SMARTS) is 2. The van der Waals surface area contributed by atoms with Gasteiger partial charge in [0.1, 0.15) is 36.3 Å². The van der Waals surface area contributed by atoms with Gasteiger partial charge in [0.2, 0.25) is 47.3 Å². The fourth-order valence-corrected chi connectivity index (χ4v) is 10.0. The highest BCUT2D eigenvalue weighted by Gasteiger charge is 2.40. The molecule has 0 bridgehead atoms. The average molecular weight is 1110 g/mol. The Morgan fingerprint density at radius 3 is 2.08 bits per heavy atom. The molecule has 0 saturated carbocycles. The fourth-order valence-electron chi connectivity index (χ4n) is 7.82. The van der Waals surface area contributed by atoms with Gasteiger partial charge in [-0.05, 0) is 56.6 Å². The van der Waals surface area contributed by atoms with Gasteiger partial charge >= 0.3 is 11.9 Å². The second-order valence-electron chi connectivity index (χ2n) is 17.3. The molecule has 1 saturated heterocycles. The number of guanidine groups is 2. The zero-order chi connectivity index (χ0) is 55.6. The summed E-state index contributed by atoms with van der Waals surface area (Å²) in [5, 5.41) is 32.0. The van der Waals surface area contributed by atoms with E-state index in [4.69, 9.17) is 33.8 Å². The van der Waals surface area contributed by atoms with Crippen LogP contribution in [0.3, 0.4) is 0 Å². The van der Waals surface area contributed by atoms with Crippen molar-refractivity contribution in [2.75, 3.05) is 50.5 Å². The van der Waals surface area contributed by atoms with Crippen molar-refractivity contribution in [2.45, 2.75) is 107 Å². The minimum Gasteiger partial charge on any atom is -0.481 e. The summed E-state index contributed by atoms with van der Waals surface area (Å²) in [6.45, 7) is -0.415. The van der Waals surface area contributed by atoms with Gasteiger partial charge in [-0.25, -0.2) is 0 Å². The van der Waals surface area contributed by atoms with Gasteiger partial charge in [0, 0.05) is 73.9 Å². The SMILES string of the molecule is CN(C(=O)CCSSCCC(=O)O)[C@@H](CCCN=C(N)N)C(=O)N[C@@H](CCCCN=C(N)N)C(=O)NCC(=O)N[C@@H](CC(=O)O)C(=O)N[C@@H](Cc1c[nH]c2ccccc12)C(=O)N1CCC[C@H]1C(=O)N[C@@H](CS)C(N)=O. The summed E-state index contributed by atoms with van der Waals surface area (Å²) in [6, 6.07) is -0.685. The van der Waals surface area contributed by atoms with Crippen molar-refractivity contribution in [1.82, 2.24) is 41.4 Å². The van der Waals surface area contributed by atoms with E-state index in [0.717, 1.165) is 0 Å². The molecule has 1 aliphatic rings. The number of hydrogen-bond donors (Lipinski definition) is 14. The normalized spacial score (nSPS) is 15.0. The second-order valence-corrected chi connectivity index (χ2v) is 20.3. The zero-order valence-corrected chi connectivity index (χ0v) is 44.0. The Kier molecular flexibility index (Phi) is 26.9. The molecule has 0 spiro atoms. The minimum absolute atomic E-state index is 0.000657. The summed E-state index contributed by atoms with van der Waals surface area (Å²) < 4.78 is 0. The number of aromatic amines is 1. The van der Waals surface area contributed by atoms with Gasteiger partial charge in [-0.3, -0.25) is 57.9 Å². The van der Waals surface area contributed by atoms with Gasteiger partial charge in [-0.1, -0.05) is 39.8 Å². The predicted octanol–water partition coefficient (Wildman–Crippen LogP) is -2.78. The molecule has 8 amide bonds. The number of fused-ring (bicyclic) bond motifs is 1. The number of carbonyl (C=O) groups is 10. The maximum atomic E-state index is 14.4. The quantitative estimate of drug-likeness (QED) is 0.0111. The van der Waals surface area contributed by atoms with E-state index in [2.05, 4.69) is 54.2 Å². The summed E-state index contributed by atoms with van der Waals surface area (Å²) in [4.78, 5) is 145. The third-order valence-corrected chi connectivity index (χ3v) is 14.4. The molecular formula is C45H69N15O12S3. The lowest BCUT2D eigenvalue weighted by Crippen LogP contribution is -2.59. The van der Waals surface area contributed by atoms with Gasteiger partial charge in [-0.15, -0.1) is 0 Å². The van der Waals surface area contributed by atoms with Crippen LogP contribution < -0.4 is 55.3 Å². The van der Waals surface area contributed by atoms with Crippen LogP contribution in [0.5, 0.6) is 0 Å². The lowest BCUT2D eigenvalue weighted by Gasteiger charge is -2.30. The summed E-state index contributed by atoms with van der Waals surface area (Å²) in [7, 11) is 4.01. The highest BCUT2D eigenvalue weighted by atomic mass is 33.1. The maximum Gasteiger partial charge on any atom is 0.305 e. The van der Waals surface area contributed by atoms with Crippen molar-refractivity contribution in [3.8, 4) is 0 Å². The van der Waals surface area contributed by atoms with Crippen LogP contribution in [0.15, 0.2) is 40.4 Å². The van der Waals surface area contributed by atoms with Crippen LogP contribution in [-0.4, -0.2) is 183 Å². The van der Waals surface area contributed by atoms with Crippen molar-refractivity contribution >= 4 is 116 Å². The predicted molar refractivity (Wildman–Crippen MR) is 286 cm³/mol. The number of aliphatic imine (C=N–C) groups is 2. The van der Waals surface area contributed by atoms with Gasteiger partial charge in [-0.2, -0.15) is 12.6 Å². The van der Waals surface area contributed by atoms with Crippen LogP contribution in [0.1, 0.15) is 69.8 Å². The molecule has 414 valence electrons. The first-order chi connectivity index (χ1) is 35.6. The molecule has 2 heterocycles. The highest BCUT2D eigenvalue weighted by Crippen LogP contribution is 2.25. The van der Waals surface area contributed by atoms with E-state index in [-0.39, 0.29) is 88.7 Å². The third-order valence-electron chi connectivity index (χ3n) is 11.7. The largest absolute Gasteiger partial charge is 0.481 e. The molecular weight excluding hydrogens is 1040 g/mol. The number of rotatable bonds is 34. The van der Waals surface area contributed by atoms with E-state index in [1.54, 1.807) is 30.5 Å². The van der Waals surface area contributed by atoms with Crippen molar-refractivity contribution < 1.29 is 58.2 Å². The number of nitrogens with zero attached hydrogens (tertiary/aromatic N) is 4. The Labute approximate surface area is 446 Å². The molecule has 75 heavy (non-hydrogen) atoms. The molecule has 1 fully saturated rings. The van der Waals surface area contributed by atoms with E-state index in [9.17, 15) is 53.1 Å². The number of aliphatic carboxylic acids is 2. The fraction of sp³-hybridized carbons (Fsp3) is 0.556. The van der Waals surface area contributed by atoms with Crippen LogP contribution >= 0.6 is 34.2 Å². The van der Waals surface area contributed by atoms with E-state index < -0.39 is 108 Å². The molecule has 1 aromatic carbocycles. The number of carboxylic acids is 2. The van der Waals surface area contributed by atoms with Gasteiger partial charge in [0.25, 0.3) is 0 Å². The van der Waals surface area contributed by atoms with Gasteiger partial charge in [0.15, 0.2) is 11.9 Å². The molecule has 1 aliphatic heterocycles. The van der Waals surface area contributed by atoms with Crippen LogP contribution in [0.4, 0.5) is 0 Å². The molecule has 0 unspecified atom stereocenters. The first-order valence-electron chi connectivity index (χ1n) is 23.9. The van der Waals surface area contributed by atoms with Crippen molar-refractivity contribution in [2.24, 2.45) is 38.7 Å². The first-order valence-corrected chi connectivity index (χ1v) is 27.0. The molecule has 0 aliphatic carbocycles. The summed E-state index contributed by atoms with van der Waals surface area (Å²) >= 11 is 4.08. The highest BCUT2D eigenvalue weighted by molar-refractivity contribution is 8.76. The van der Waals surface area contributed by atoms with Crippen molar-refractivity contribution in [3.05, 3.63) is 36.0 Å². The maximum absolute atomic E-state index is 14.4. The summed E-state index contributed by atoms with van der Waals surface area (Å²) in [6.07, 6.45) is 2.05. The number of amides is 8. The second kappa shape index (κ2) is 32.4. The molecule has 18 N–H and O–H groups in total. The number of aromatic nitrogens is 1. The lowest BCUT2D eigenvalue weighted by atomic mass is 10.0. The zero-order valence-electron chi connectivity index (χ0n) is 41.5. The number of likely N-dealkylation sites (N-methyl/N-ethyl adjacent to an activating group) is 1. The molecule has 30 heteroatoms. The number of carbonyl (C=O) groups excluding carboxylic acids is 8. The van der Waals surface area contributed by atoms with E-state index in [0.29, 0.717) is 40.8 Å². The minimum atomic E-state index is -1.80. The Hall–Kier alpha value is -6.95. The Bertz CT molecular complexity index is 2380. The van der Waals surface area contributed by atoms with Crippen molar-refractivity contribution in [1.29, 1.82) is 0 Å². The number of primary amides is 1.